The normalized spacial score (nSPS) is 30.9. The van der Waals surface area contributed by atoms with Gasteiger partial charge in [0.2, 0.25) is 5.91 Å². The molecule has 2 fully saturated rings. The lowest BCUT2D eigenvalue weighted by atomic mass is 9.76. The van der Waals surface area contributed by atoms with Gasteiger partial charge in [-0.15, -0.1) is 12.4 Å². The number of esters is 1. The third kappa shape index (κ3) is 4.81. The van der Waals surface area contributed by atoms with Crippen LogP contribution in [0.1, 0.15) is 56.4 Å². The number of nitrogens with one attached hydrogen (secondary N) is 1. The average molecular weight is 421 g/mol. The summed E-state index contributed by atoms with van der Waals surface area (Å²) in [5, 5.41) is 2.86. The van der Waals surface area contributed by atoms with Crippen molar-refractivity contribution in [3.05, 3.63) is 29.8 Å². The van der Waals surface area contributed by atoms with Crippen LogP contribution in [0, 0.1) is 5.92 Å². The number of ketones is 1. The van der Waals surface area contributed by atoms with E-state index in [0.717, 1.165) is 18.5 Å². The van der Waals surface area contributed by atoms with E-state index < -0.39 is 0 Å². The molecule has 0 radical (unpaired) electrons. The second-order valence-electron chi connectivity index (χ2n) is 8.36. The first-order valence-corrected chi connectivity index (χ1v) is 10.3. The first kappa shape index (κ1) is 21.8. The number of ether oxygens (including phenoxy) is 1. The van der Waals surface area contributed by atoms with Gasteiger partial charge in [-0.1, -0.05) is 12.1 Å². The second-order valence-corrected chi connectivity index (χ2v) is 8.36. The van der Waals surface area contributed by atoms with Crippen LogP contribution in [0.3, 0.4) is 0 Å². The van der Waals surface area contributed by atoms with E-state index in [-0.39, 0.29) is 61.7 Å². The molecule has 0 aromatic heterocycles. The number of fused-ring (bicyclic) bond motifs is 13. The molecule has 2 saturated heterocycles. The summed E-state index contributed by atoms with van der Waals surface area (Å²) in [5.74, 6) is 0.00809. The van der Waals surface area contributed by atoms with Crippen LogP contribution < -0.4 is 5.32 Å². The molecule has 0 saturated carbocycles. The molecule has 5 rings (SSSR count). The van der Waals surface area contributed by atoms with Crippen molar-refractivity contribution in [1.82, 2.24) is 4.90 Å². The number of hydrogen-bond donors (Lipinski definition) is 1. The van der Waals surface area contributed by atoms with Crippen LogP contribution in [0.4, 0.5) is 5.69 Å². The minimum atomic E-state index is -0.318. The molecular weight excluding hydrogens is 392 g/mol. The van der Waals surface area contributed by atoms with E-state index in [1.807, 2.05) is 12.1 Å². The summed E-state index contributed by atoms with van der Waals surface area (Å²) in [4.78, 5) is 38.7. The topological polar surface area (TPSA) is 75.7 Å². The molecule has 1 amide bonds. The van der Waals surface area contributed by atoms with Crippen molar-refractivity contribution in [2.75, 3.05) is 19.0 Å². The SMILES string of the molecule is CN1[C@H]2CC[C@@H]1[C@H]1COC(=O)CCC(=O)CCC(=O)Nc3ccc(cc3)[C@H]1C2.Cl. The van der Waals surface area contributed by atoms with Crippen LogP contribution >= 0.6 is 12.4 Å². The van der Waals surface area contributed by atoms with Crippen LogP contribution in [0.5, 0.6) is 0 Å². The zero-order chi connectivity index (χ0) is 19.7. The number of piperidine rings is 1. The Morgan fingerprint density at radius 2 is 1.72 bits per heavy atom. The number of anilines is 1. The van der Waals surface area contributed by atoms with E-state index in [2.05, 4.69) is 29.4 Å². The molecule has 158 valence electrons. The summed E-state index contributed by atoms with van der Waals surface area (Å²) in [5.41, 5.74) is 2.00. The number of halogens is 1. The maximum atomic E-state index is 12.2. The highest BCUT2D eigenvalue weighted by Gasteiger charge is 2.46. The van der Waals surface area contributed by atoms with Gasteiger partial charge in [-0.25, -0.2) is 0 Å². The Hall–Kier alpha value is -1.92. The summed E-state index contributed by atoms with van der Waals surface area (Å²) >= 11 is 0. The van der Waals surface area contributed by atoms with Crippen molar-refractivity contribution in [1.29, 1.82) is 0 Å². The van der Waals surface area contributed by atoms with Crippen LogP contribution in [0.2, 0.25) is 0 Å². The molecule has 1 N–H and O–H groups in total. The molecule has 0 spiro atoms. The van der Waals surface area contributed by atoms with Gasteiger partial charge >= 0.3 is 5.97 Å². The maximum Gasteiger partial charge on any atom is 0.306 e. The zero-order valence-corrected chi connectivity index (χ0v) is 17.6. The lowest BCUT2D eigenvalue weighted by Gasteiger charge is -2.43. The lowest BCUT2D eigenvalue weighted by Crippen LogP contribution is -2.47. The van der Waals surface area contributed by atoms with Crippen molar-refractivity contribution < 1.29 is 19.1 Å². The van der Waals surface area contributed by atoms with E-state index in [1.165, 1.54) is 12.0 Å². The largest absolute Gasteiger partial charge is 0.465 e. The highest BCUT2D eigenvalue weighted by molar-refractivity contribution is 5.94. The molecule has 7 heteroatoms. The molecule has 4 atom stereocenters. The predicted octanol–water partition coefficient (Wildman–Crippen LogP) is 3.30. The number of benzene rings is 1. The third-order valence-electron chi connectivity index (χ3n) is 6.73. The molecule has 4 aliphatic rings. The predicted molar refractivity (Wildman–Crippen MR) is 112 cm³/mol. The second kappa shape index (κ2) is 9.26. The molecule has 1 aromatic rings. The fraction of sp³-hybridized carbons (Fsp3) is 0.591. The van der Waals surface area contributed by atoms with Crippen molar-refractivity contribution in [2.24, 2.45) is 5.92 Å². The number of Topliss-reactive ketones (excluding diaryl/α,β-unsaturated/α-hetero) is 1. The molecule has 4 heterocycles. The maximum absolute atomic E-state index is 12.2. The highest BCUT2D eigenvalue weighted by Crippen LogP contribution is 2.46. The minimum absolute atomic E-state index is 0. The van der Waals surface area contributed by atoms with Gasteiger partial charge in [0.15, 0.2) is 0 Å². The smallest absolute Gasteiger partial charge is 0.306 e. The monoisotopic (exact) mass is 420 g/mol. The van der Waals surface area contributed by atoms with Gasteiger partial charge in [0.25, 0.3) is 0 Å². The molecule has 29 heavy (non-hydrogen) atoms. The number of carbonyl (C=O) groups excluding carboxylic acids is 3. The minimum Gasteiger partial charge on any atom is -0.465 e. The van der Waals surface area contributed by atoms with Gasteiger partial charge in [0, 0.05) is 43.0 Å². The summed E-state index contributed by atoms with van der Waals surface area (Å²) in [6.45, 7) is 0.401. The molecule has 0 unspecified atom stereocenters. The summed E-state index contributed by atoms with van der Waals surface area (Å²) < 4.78 is 5.62. The Balaban J connectivity index is 0.00000240. The Kier molecular flexibility index (Phi) is 6.96. The van der Waals surface area contributed by atoms with Gasteiger partial charge in [-0.3, -0.25) is 14.4 Å². The highest BCUT2D eigenvalue weighted by atomic mass is 35.5. The van der Waals surface area contributed by atoms with Gasteiger partial charge < -0.3 is 15.0 Å². The average Bonchev–Trinajstić information content (AvgIpc) is 2.93. The van der Waals surface area contributed by atoms with Gasteiger partial charge in [-0.05, 0) is 49.9 Å². The van der Waals surface area contributed by atoms with Crippen LogP contribution in [-0.2, 0) is 19.1 Å². The van der Waals surface area contributed by atoms with Crippen molar-refractivity contribution >= 4 is 35.8 Å². The van der Waals surface area contributed by atoms with E-state index in [0.29, 0.717) is 24.6 Å². The molecule has 0 aliphatic carbocycles. The zero-order valence-electron chi connectivity index (χ0n) is 16.8. The third-order valence-corrected chi connectivity index (χ3v) is 6.73. The number of amides is 1. The molecule has 1 aromatic carbocycles. The molecule has 4 bridgehead atoms. The van der Waals surface area contributed by atoms with E-state index in [4.69, 9.17) is 4.74 Å². The first-order chi connectivity index (χ1) is 13.5. The molecule has 4 aliphatic heterocycles. The molecule has 6 nitrogen and oxygen atoms in total. The standard InChI is InChI=1S/C22H28N2O4.ClH/c1-24-16-6-9-20(24)19-13-28-22(27)11-8-17(25)7-10-21(26)23-15-4-2-14(3-5-15)18(19)12-16;/h2-5,16,18-20H,6-13H2,1H3,(H,23,26);1H/t16-,18+,19-,20+;/m0./s1. The number of rotatable bonds is 0. The Morgan fingerprint density at radius 3 is 2.48 bits per heavy atom. The van der Waals surface area contributed by atoms with Crippen LogP contribution in [0.15, 0.2) is 24.3 Å². The Bertz CT molecular complexity index is 767. The van der Waals surface area contributed by atoms with Crippen molar-refractivity contribution in [2.45, 2.75) is 62.9 Å². The fourth-order valence-corrected chi connectivity index (χ4v) is 5.11. The first-order valence-electron chi connectivity index (χ1n) is 10.3. The van der Waals surface area contributed by atoms with E-state index in [1.54, 1.807) is 0 Å². The van der Waals surface area contributed by atoms with Crippen molar-refractivity contribution in [3.8, 4) is 0 Å². The number of nitrogens with zero attached hydrogens (tertiary/aromatic N) is 1. The Labute approximate surface area is 177 Å². The van der Waals surface area contributed by atoms with E-state index >= 15 is 0 Å². The fourth-order valence-electron chi connectivity index (χ4n) is 5.11. The summed E-state index contributed by atoms with van der Waals surface area (Å²) in [6.07, 6.45) is 3.89. The van der Waals surface area contributed by atoms with E-state index in [9.17, 15) is 14.4 Å². The Morgan fingerprint density at radius 1 is 1.00 bits per heavy atom. The quantitative estimate of drug-likeness (QED) is 0.652. The lowest BCUT2D eigenvalue weighted by molar-refractivity contribution is -0.147. The van der Waals surface area contributed by atoms with Crippen molar-refractivity contribution in [3.63, 3.8) is 0 Å². The van der Waals surface area contributed by atoms with Gasteiger partial charge in [0.1, 0.15) is 5.78 Å². The summed E-state index contributed by atoms with van der Waals surface area (Å²) in [7, 11) is 2.18. The van der Waals surface area contributed by atoms with Gasteiger partial charge in [0.05, 0.1) is 13.0 Å². The van der Waals surface area contributed by atoms with Gasteiger partial charge in [-0.2, -0.15) is 0 Å². The number of hydrogen-bond acceptors (Lipinski definition) is 5. The summed E-state index contributed by atoms with van der Waals surface area (Å²) in [6, 6.07) is 9.02. The molecular formula is C22H29ClN2O4. The van der Waals surface area contributed by atoms with Crippen LogP contribution in [0.25, 0.3) is 0 Å². The van der Waals surface area contributed by atoms with Crippen LogP contribution in [-0.4, -0.2) is 48.3 Å². The number of carbonyl (C=O) groups is 3.